The van der Waals surface area contributed by atoms with Gasteiger partial charge in [0, 0.05) is 18.2 Å². The maximum Gasteiger partial charge on any atom is 0.271 e. The first-order valence-electron chi connectivity index (χ1n) is 5.45. The summed E-state index contributed by atoms with van der Waals surface area (Å²) >= 11 is 11.0. The number of nitro benzene ring substituents is 1. The Hall–Kier alpha value is -1.40. The lowest BCUT2D eigenvalue weighted by Gasteiger charge is -2.15. The monoisotopic (exact) mass is 287 g/mol. The molecule has 5 nitrogen and oxygen atoms in total. The zero-order chi connectivity index (χ0) is 13.7. The summed E-state index contributed by atoms with van der Waals surface area (Å²) in [6.45, 7) is 4.02. The van der Waals surface area contributed by atoms with Crippen molar-refractivity contribution in [3.05, 3.63) is 33.3 Å². The summed E-state index contributed by atoms with van der Waals surface area (Å²) < 4.78 is 0. The fraction of sp³-hybridized carbons (Fsp3) is 0.364. The molecule has 0 aliphatic carbocycles. The van der Waals surface area contributed by atoms with Gasteiger partial charge in [0.15, 0.2) is 5.11 Å². The lowest BCUT2D eigenvalue weighted by Crippen LogP contribution is -2.35. The average molecular weight is 288 g/mol. The molecule has 98 valence electrons. The average Bonchev–Trinajstić information content (AvgIpc) is 2.31. The highest BCUT2D eigenvalue weighted by Gasteiger charge is 2.11. The van der Waals surface area contributed by atoms with E-state index in [-0.39, 0.29) is 11.7 Å². The zero-order valence-corrected chi connectivity index (χ0v) is 11.6. The van der Waals surface area contributed by atoms with Crippen LogP contribution in [0.2, 0.25) is 5.02 Å². The van der Waals surface area contributed by atoms with Crippen LogP contribution in [0.4, 0.5) is 11.4 Å². The molecule has 18 heavy (non-hydrogen) atoms. The van der Waals surface area contributed by atoms with Crippen LogP contribution < -0.4 is 10.6 Å². The second-order valence-corrected chi connectivity index (χ2v) is 4.64. The van der Waals surface area contributed by atoms with Crippen LogP contribution in [0.1, 0.15) is 20.3 Å². The van der Waals surface area contributed by atoms with Gasteiger partial charge in [-0.15, -0.1) is 0 Å². The van der Waals surface area contributed by atoms with E-state index in [9.17, 15) is 10.1 Å². The fourth-order valence-corrected chi connectivity index (χ4v) is 1.68. The predicted molar refractivity (Wildman–Crippen MR) is 77.2 cm³/mol. The third-order valence-corrected chi connectivity index (χ3v) is 2.95. The van der Waals surface area contributed by atoms with Crippen molar-refractivity contribution >= 4 is 40.3 Å². The minimum absolute atomic E-state index is 0.0340. The summed E-state index contributed by atoms with van der Waals surface area (Å²) in [6.07, 6.45) is 0.921. The normalized spacial score (nSPS) is 11.7. The number of thiocarbonyl (C=S) groups is 1. The Morgan fingerprint density at radius 3 is 2.83 bits per heavy atom. The van der Waals surface area contributed by atoms with Gasteiger partial charge in [0.05, 0.1) is 15.6 Å². The fourth-order valence-electron chi connectivity index (χ4n) is 1.21. The van der Waals surface area contributed by atoms with Crippen LogP contribution in [0.5, 0.6) is 0 Å². The van der Waals surface area contributed by atoms with E-state index in [1.165, 1.54) is 18.2 Å². The number of anilines is 1. The molecule has 0 aliphatic heterocycles. The van der Waals surface area contributed by atoms with Gasteiger partial charge in [0.25, 0.3) is 5.69 Å². The van der Waals surface area contributed by atoms with E-state index in [4.69, 9.17) is 23.8 Å². The van der Waals surface area contributed by atoms with Crippen molar-refractivity contribution in [3.63, 3.8) is 0 Å². The molecule has 0 saturated carbocycles. The molecule has 0 aliphatic rings. The molecule has 0 unspecified atom stereocenters. The SMILES string of the molecule is CC[C@@H](C)NC(=S)Nc1cc([N+](=O)[O-])ccc1Cl. The van der Waals surface area contributed by atoms with Gasteiger partial charge in [-0.05, 0) is 31.6 Å². The van der Waals surface area contributed by atoms with E-state index in [0.717, 1.165) is 6.42 Å². The highest BCUT2D eigenvalue weighted by atomic mass is 35.5. The molecule has 0 radical (unpaired) electrons. The number of benzene rings is 1. The highest BCUT2D eigenvalue weighted by molar-refractivity contribution is 7.80. The molecule has 0 bridgehead atoms. The van der Waals surface area contributed by atoms with E-state index in [0.29, 0.717) is 15.8 Å². The van der Waals surface area contributed by atoms with E-state index in [2.05, 4.69) is 10.6 Å². The van der Waals surface area contributed by atoms with Crippen LogP contribution in [0.15, 0.2) is 18.2 Å². The Labute approximate surface area is 116 Å². The summed E-state index contributed by atoms with van der Waals surface area (Å²) in [5.41, 5.74) is 0.389. The van der Waals surface area contributed by atoms with E-state index < -0.39 is 4.92 Å². The van der Waals surface area contributed by atoms with Crippen LogP contribution in [-0.4, -0.2) is 16.1 Å². The van der Waals surface area contributed by atoms with E-state index in [1.54, 1.807) is 0 Å². The third kappa shape index (κ3) is 4.12. The zero-order valence-electron chi connectivity index (χ0n) is 10.1. The molecule has 0 fully saturated rings. The van der Waals surface area contributed by atoms with Crippen molar-refractivity contribution < 1.29 is 4.92 Å². The number of nitro groups is 1. The molecule has 1 rings (SSSR count). The van der Waals surface area contributed by atoms with Crippen LogP contribution in [0.25, 0.3) is 0 Å². The second-order valence-electron chi connectivity index (χ2n) is 3.83. The molecule has 0 saturated heterocycles. The Morgan fingerprint density at radius 2 is 2.28 bits per heavy atom. The molecule has 0 amide bonds. The van der Waals surface area contributed by atoms with Crippen LogP contribution in [0, 0.1) is 10.1 Å². The minimum atomic E-state index is -0.480. The largest absolute Gasteiger partial charge is 0.360 e. The van der Waals surface area contributed by atoms with Gasteiger partial charge in [-0.3, -0.25) is 10.1 Å². The van der Waals surface area contributed by atoms with Gasteiger partial charge in [-0.1, -0.05) is 18.5 Å². The molecule has 2 N–H and O–H groups in total. The van der Waals surface area contributed by atoms with Crippen molar-refractivity contribution in [2.75, 3.05) is 5.32 Å². The Morgan fingerprint density at radius 1 is 1.61 bits per heavy atom. The lowest BCUT2D eigenvalue weighted by atomic mass is 10.2. The summed E-state index contributed by atoms with van der Waals surface area (Å²) in [7, 11) is 0. The summed E-state index contributed by atoms with van der Waals surface area (Å²) in [5, 5.41) is 17.3. The number of nitrogens with one attached hydrogen (secondary N) is 2. The first-order chi connectivity index (χ1) is 8.43. The van der Waals surface area contributed by atoms with Crippen molar-refractivity contribution in [3.8, 4) is 0 Å². The third-order valence-electron chi connectivity index (χ3n) is 2.40. The van der Waals surface area contributed by atoms with E-state index >= 15 is 0 Å². The first kappa shape index (κ1) is 14.7. The molecular weight excluding hydrogens is 274 g/mol. The maximum atomic E-state index is 10.7. The predicted octanol–water partition coefficient (Wildman–Crippen LogP) is 3.33. The summed E-state index contributed by atoms with van der Waals surface area (Å²) in [5.74, 6) is 0. The topological polar surface area (TPSA) is 67.2 Å². The van der Waals surface area contributed by atoms with Gasteiger partial charge in [-0.2, -0.15) is 0 Å². The second kappa shape index (κ2) is 6.51. The Balaban J connectivity index is 2.80. The first-order valence-corrected chi connectivity index (χ1v) is 6.24. The van der Waals surface area contributed by atoms with Gasteiger partial charge < -0.3 is 10.6 Å². The van der Waals surface area contributed by atoms with Crippen LogP contribution >= 0.6 is 23.8 Å². The highest BCUT2D eigenvalue weighted by Crippen LogP contribution is 2.26. The standard InChI is InChI=1S/C11H14ClN3O2S/c1-3-7(2)13-11(18)14-10-6-8(15(16)17)4-5-9(10)12/h4-7H,3H2,1-2H3,(H2,13,14,18)/t7-/m1/s1. The molecule has 0 spiro atoms. The van der Waals surface area contributed by atoms with Gasteiger partial charge in [0.1, 0.15) is 0 Å². The van der Waals surface area contributed by atoms with Crippen LogP contribution in [0.3, 0.4) is 0 Å². The lowest BCUT2D eigenvalue weighted by molar-refractivity contribution is -0.384. The quantitative estimate of drug-likeness (QED) is 0.505. The van der Waals surface area contributed by atoms with Crippen molar-refractivity contribution in [2.24, 2.45) is 0 Å². The van der Waals surface area contributed by atoms with Gasteiger partial charge in [-0.25, -0.2) is 0 Å². The smallest absolute Gasteiger partial charge is 0.271 e. The van der Waals surface area contributed by atoms with Crippen LogP contribution in [-0.2, 0) is 0 Å². The molecule has 1 atom stereocenters. The summed E-state index contributed by atoms with van der Waals surface area (Å²) in [6, 6.07) is 4.39. The van der Waals surface area contributed by atoms with Crippen molar-refractivity contribution in [2.45, 2.75) is 26.3 Å². The van der Waals surface area contributed by atoms with Crippen molar-refractivity contribution in [1.82, 2.24) is 5.32 Å². The molecule has 1 aromatic carbocycles. The Kier molecular flexibility index (Phi) is 5.30. The number of hydrogen-bond donors (Lipinski definition) is 2. The van der Waals surface area contributed by atoms with Crippen molar-refractivity contribution in [1.29, 1.82) is 0 Å². The Bertz CT molecular complexity index is 468. The number of non-ortho nitro benzene ring substituents is 1. The van der Waals surface area contributed by atoms with E-state index in [1.807, 2.05) is 13.8 Å². The number of halogens is 1. The maximum absolute atomic E-state index is 10.7. The van der Waals surface area contributed by atoms with Gasteiger partial charge >= 0.3 is 0 Å². The number of hydrogen-bond acceptors (Lipinski definition) is 3. The number of rotatable bonds is 4. The summed E-state index contributed by atoms with van der Waals surface area (Å²) in [4.78, 5) is 10.2. The number of nitrogens with zero attached hydrogens (tertiary/aromatic N) is 1. The minimum Gasteiger partial charge on any atom is -0.360 e. The molecule has 0 heterocycles. The molecular formula is C11H14ClN3O2S. The molecule has 0 aromatic heterocycles. The van der Waals surface area contributed by atoms with Gasteiger partial charge in [0.2, 0.25) is 0 Å². The molecule has 1 aromatic rings. The molecule has 7 heteroatoms.